The average molecular weight is 388 g/mol. The lowest BCUT2D eigenvalue weighted by molar-refractivity contribution is -0.859. The van der Waals surface area contributed by atoms with Crippen LogP contribution in [0.15, 0.2) is 34.1 Å². The van der Waals surface area contributed by atoms with E-state index in [9.17, 15) is 9.59 Å². The minimum atomic E-state index is -0.196. The van der Waals surface area contributed by atoms with Crippen molar-refractivity contribution in [3.8, 4) is 0 Å². The number of hydrogen-bond acceptors (Lipinski definition) is 4. The number of anilines is 1. The number of aryl methyl sites for hydroxylation is 1. The van der Waals surface area contributed by atoms with Gasteiger partial charge < -0.3 is 10.2 Å². The van der Waals surface area contributed by atoms with Crippen LogP contribution in [0.4, 0.5) is 5.69 Å². The van der Waals surface area contributed by atoms with Crippen LogP contribution in [0, 0.1) is 6.92 Å². The third kappa shape index (κ3) is 4.99. The van der Waals surface area contributed by atoms with E-state index in [2.05, 4.69) is 24.4 Å². The average Bonchev–Trinajstić information content (AvgIpc) is 3.08. The van der Waals surface area contributed by atoms with Crippen LogP contribution >= 0.6 is 11.8 Å². The molecule has 27 heavy (non-hydrogen) atoms. The van der Waals surface area contributed by atoms with Crippen LogP contribution in [-0.2, 0) is 24.2 Å². The second-order valence-electron chi connectivity index (χ2n) is 7.29. The van der Waals surface area contributed by atoms with Crippen molar-refractivity contribution in [1.82, 2.24) is 9.55 Å². The van der Waals surface area contributed by atoms with Crippen molar-refractivity contribution in [2.75, 3.05) is 31.7 Å². The van der Waals surface area contributed by atoms with E-state index in [1.165, 1.54) is 16.7 Å². The van der Waals surface area contributed by atoms with Crippen molar-refractivity contribution < 1.29 is 9.69 Å². The summed E-state index contributed by atoms with van der Waals surface area (Å²) in [6, 6.07) is 7.72. The number of rotatable bonds is 7. The monoisotopic (exact) mass is 387 g/mol. The maximum Gasteiger partial charge on any atom is 0.349 e. The number of nitrogens with zero attached hydrogens (tertiary/aromatic N) is 2. The fourth-order valence-electron chi connectivity index (χ4n) is 3.33. The van der Waals surface area contributed by atoms with Crippen molar-refractivity contribution in [3.05, 3.63) is 51.6 Å². The number of aromatic nitrogens is 2. The summed E-state index contributed by atoms with van der Waals surface area (Å²) < 4.78 is 1.83. The van der Waals surface area contributed by atoms with Crippen LogP contribution in [0.25, 0.3) is 0 Å². The van der Waals surface area contributed by atoms with Gasteiger partial charge in [-0.25, -0.2) is 4.79 Å². The first-order chi connectivity index (χ1) is 12.9. The number of amides is 1. The Morgan fingerprint density at radius 3 is 2.89 bits per heavy atom. The van der Waals surface area contributed by atoms with Gasteiger partial charge in [0.2, 0.25) is 5.91 Å². The lowest BCUT2D eigenvalue weighted by Crippen LogP contribution is -3.06. The molecular formula is C20H27N4O2S+. The molecule has 1 aromatic heterocycles. The largest absolute Gasteiger partial charge is 0.349 e. The van der Waals surface area contributed by atoms with Crippen LogP contribution in [0.2, 0.25) is 0 Å². The fraction of sp³-hybridized carbons (Fsp3) is 0.450. The Labute approximate surface area is 164 Å². The first kappa shape index (κ1) is 19.6. The van der Waals surface area contributed by atoms with Gasteiger partial charge in [0.25, 0.3) is 0 Å². The number of thioether (sulfide) groups is 1. The zero-order chi connectivity index (χ0) is 19.4. The molecule has 0 atom stereocenters. The molecule has 0 spiro atoms. The zero-order valence-electron chi connectivity index (χ0n) is 16.2. The predicted molar refractivity (Wildman–Crippen MR) is 109 cm³/mol. The van der Waals surface area contributed by atoms with E-state index in [1.54, 1.807) is 0 Å². The summed E-state index contributed by atoms with van der Waals surface area (Å²) >= 11 is 1.36. The normalized spacial score (nSPS) is 13.0. The molecule has 0 fully saturated rings. The molecule has 0 bridgehead atoms. The molecule has 6 nitrogen and oxygen atoms in total. The highest BCUT2D eigenvalue weighted by atomic mass is 32.2. The molecule has 0 saturated heterocycles. The van der Waals surface area contributed by atoms with Crippen LogP contribution in [0.5, 0.6) is 0 Å². The highest BCUT2D eigenvalue weighted by Crippen LogP contribution is 2.29. The summed E-state index contributed by atoms with van der Waals surface area (Å²) in [6.07, 6.45) is 2.89. The minimum Gasteiger partial charge on any atom is -0.338 e. The first-order valence-corrected chi connectivity index (χ1v) is 10.3. The van der Waals surface area contributed by atoms with Crippen molar-refractivity contribution in [2.45, 2.75) is 37.8 Å². The van der Waals surface area contributed by atoms with E-state index in [1.807, 2.05) is 35.8 Å². The standard InChI is InChI=1S/C20H26N4O2S/c1-14-6-4-7-15(12-14)21-18(25)13-27-19-16-8-5-9-17(16)24(20(26)22-19)11-10-23(2)3/h4,6-7,12H,5,8-11,13H2,1-3H3,(H,21,25)/p+1. The van der Waals surface area contributed by atoms with E-state index in [0.717, 1.165) is 53.3 Å². The minimum absolute atomic E-state index is 0.0838. The van der Waals surface area contributed by atoms with E-state index >= 15 is 0 Å². The molecular weight excluding hydrogens is 360 g/mol. The maximum absolute atomic E-state index is 12.5. The Hall–Kier alpha value is -2.12. The summed E-state index contributed by atoms with van der Waals surface area (Å²) in [5.41, 5.74) is 3.96. The molecule has 2 N–H and O–H groups in total. The van der Waals surface area contributed by atoms with Crippen LogP contribution < -0.4 is 15.9 Å². The quantitative estimate of drug-likeness (QED) is 0.548. The van der Waals surface area contributed by atoms with E-state index in [4.69, 9.17) is 0 Å². The fourth-order valence-corrected chi connectivity index (χ4v) is 4.20. The highest BCUT2D eigenvalue weighted by molar-refractivity contribution is 8.00. The van der Waals surface area contributed by atoms with Gasteiger partial charge in [0.15, 0.2) is 0 Å². The van der Waals surface area contributed by atoms with Crippen molar-refractivity contribution in [3.63, 3.8) is 0 Å². The number of nitrogens with one attached hydrogen (secondary N) is 2. The second kappa shape index (κ2) is 8.71. The molecule has 1 heterocycles. The lowest BCUT2D eigenvalue weighted by Gasteiger charge is -2.15. The Morgan fingerprint density at radius 2 is 2.15 bits per heavy atom. The van der Waals surface area contributed by atoms with Crippen molar-refractivity contribution in [1.29, 1.82) is 0 Å². The molecule has 144 valence electrons. The van der Waals surface area contributed by atoms with Gasteiger partial charge in [-0.05, 0) is 43.9 Å². The Kier molecular flexibility index (Phi) is 6.34. The number of hydrogen-bond donors (Lipinski definition) is 2. The lowest BCUT2D eigenvalue weighted by atomic mass is 10.2. The van der Waals surface area contributed by atoms with Crippen LogP contribution in [0.3, 0.4) is 0 Å². The Morgan fingerprint density at radius 1 is 1.33 bits per heavy atom. The van der Waals surface area contributed by atoms with E-state index in [-0.39, 0.29) is 17.3 Å². The third-order valence-electron chi connectivity index (χ3n) is 4.68. The van der Waals surface area contributed by atoms with Gasteiger partial charge in [0.05, 0.1) is 32.9 Å². The number of quaternary nitrogens is 1. The highest BCUT2D eigenvalue weighted by Gasteiger charge is 2.22. The van der Waals surface area contributed by atoms with Crippen LogP contribution in [-0.4, -0.2) is 41.9 Å². The smallest absolute Gasteiger partial charge is 0.338 e. The van der Waals surface area contributed by atoms with E-state index < -0.39 is 0 Å². The summed E-state index contributed by atoms with van der Waals surface area (Å²) in [5, 5.41) is 3.63. The van der Waals surface area contributed by atoms with Gasteiger partial charge in [-0.1, -0.05) is 23.9 Å². The molecule has 3 rings (SSSR count). The number of fused-ring (bicyclic) bond motifs is 1. The second-order valence-corrected chi connectivity index (χ2v) is 8.26. The molecule has 1 aromatic carbocycles. The Bertz CT molecular complexity index is 892. The molecule has 1 aliphatic carbocycles. The predicted octanol–water partition coefficient (Wildman–Crippen LogP) is 0.916. The molecule has 0 saturated carbocycles. The number of carbonyl (C=O) groups excluding carboxylic acids is 1. The maximum atomic E-state index is 12.5. The molecule has 1 amide bonds. The number of likely N-dealkylation sites (N-methyl/N-ethyl adjacent to an activating group) is 1. The van der Waals surface area contributed by atoms with Crippen molar-refractivity contribution in [2.24, 2.45) is 0 Å². The van der Waals surface area contributed by atoms with Gasteiger partial charge in [0, 0.05) is 16.9 Å². The summed E-state index contributed by atoms with van der Waals surface area (Å²) in [6.45, 7) is 3.57. The van der Waals surface area contributed by atoms with E-state index in [0.29, 0.717) is 6.54 Å². The molecule has 7 heteroatoms. The summed E-state index contributed by atoms with van der Waals surface area (Å²) in [5.74, 6) is 0.165. The molecule has 0 unspecified atom stereocenters. The van der Waals surface area contributed by atoms with Gasteiger partial charge in [-0.2, -0.15) is 4.98 Å². The SMILES string of the molecule is Cc1cccc(NC(=O)CSc2nc(=O)n(CC[NH+](C)C)c3c2CCC3)c1. The molecule has 0 radical (unpaired) electrons. The topological polar surface area (TPSA) is 68.4 Å². The van der Waals surface area contributed by atoms with Gasteiger partial charge in [-0.3, -0.25) is 9.36 Å². The van der Waals surface area contributed by atoms with Gasteiger partial charge >= 0.3 is 5.69 Å². The van der Waals surface area contributed by atoms with Gasteiger partial charge in [0.1, 0.15) is 5.03 Å². The number of benzene rings is 1. The van der Waals surface area contributed by atoms with Crippen LogP contribution in [0.1, 0.15) is 23.2 Å². The molecule has 1 aliphatic rings. The number of carbonyl (C=O) groups is 1. The first-order valence-electron chi connectivity index (χ1n) is 9.35. The molecule has 2 aromatic rings. The van der Waals surface area contributed by atoms with Gasteiger partial charge in [-0.15, -0.1) is 0 Å². The Balaban J connectivity index is 1.70. The van der Waals surface area contributed by atoms with Crippen molar-refractivity contribution >= 4 is 23.4 Å². The third-order valence-corrected chi connectivity index (χ3v) is 5.70. The molecule has 0 aliphatic heterocycles. The zero-order valence-corrected chi connectivity index (χ0v) is 17.0. The summed E-state index contributed by atoms with van der Waals surface area (Å²) in [7, 11) is 4.16. The summed E-state index contributed by atoms with van der Waals surface area (Å²) in [4.78, 5) is 30.4.